The van der Waals surface area contributed by atoms with Gasteiger partial charge in [-0.15, -0.1) is 0 Å². The number of sulfonamides is 1. The molecule has 1 N–H and O–H groups in total. The van der Waals surface area contributed by atoms with Crippen molar-refractivity contribution in [2.24, 2.45) is 5.92 Å². The maximum absolute atomic E-state index is 13.6. The SMILES string of the molecule is CC(CBr)CCCNS(=O)(=O)c1ccc(Br)cc1F. The number of hydrogen-bond acceptors (Lipinski definition) is 2. The molecule has 0 bridgehead atoms. The van der Waals surface area contributed by atoms with Crippen LogP contribution in [-0.2, 0) is 10.0 Å². The predicted molar refractivity (Wildman–Crippen MR) is 81.5 cm³/mol. The highest BCUT2D eigenvalue weighted by Gasteiger charge is 2.18. The zero-order valence-corrected chi connectivity index (χ0v) is 14.5. The van der Waals surface area contributed by atoms with Crippen LogP contribution in [0.3, 0.4) is 0 Å². The molecule has 1 aromatic carbocycles. The van der Waals surface area contributed by atoms with E-state index in [1.54, 1.807) is 0 Å². The quantitative estimate of drug-likeness (QED) is 0.544. The second-order valence-electron chi connectivity index (χ2n) is 4.37. The molecule has 7 heteroatoms. The molecule has 1 aromatic rings. The van der Waals surface area contributed by atoms with Crippen LogP contribution in [0.15, 0.2) is 27.6 Å². The van der Waals surface area contributed by atoms with E-state index in [9.17, 15) is 12.8 Å². The molecule has 19 heavy (non-hydrogen) atoms. The standard InChI is InChI=1S/C12H16Br2FNO2S/c1-9(8-13)3-2-6-16-19(17,18)12-5-4-10(14)7-11(12)15/h4-5,7,9,16H,2-3,6,8H2,1H3. The Balaban J connectivity index is 2.61. The van der Waals surface area contributed by atoms with Crippen LogP contribution < -0.4 is 4.72 Å². The highest BCUT2D eigenvalue weighted by Crippen LogP contribution is 2.19. The third-order valence-corrected chi connectivity index (χ3v) is 5.71. The molecule has 0 fully saturated rings. The van der Waals surface area contributed by atoms with E-state index in [0.29, 0.717) is 16.9 Å². The number of nitrogens with one attached hydrogen (secondary N) is 1. The highest BCUT2D eigenvalue weighted by molar-refractivity contribution is 9.10. The van der Waals surface area contributed by atoms with Gasteiger partial charge >= 0.3 is 0 Å². The highest BCUT2D eigenvalue weighted by atomic mass is 79.9. The summed E-state index contributed by atoms with van der Waals surface area (Å²) in [5, 5.41) is 0.890. The maximum Gasteiger partial charge on any atom is 0.243 e. The molecule has 3 nitrogen and oxygen atoms in total. The van der Waals surface area contributed by atoms with Crippen molar-refractivity contribution in [1.29, 1.82) is 0 Å². The van der Waals surface area contributed by atoms with Gasteiger partial charge in [-0.1, -0.05) is 38.8 Å². The molecule has 0 saturated heterocycles. The van der Waals surface area contributed by atoms with Gasteiger partial charge in [0.05, 0.1) is 0 Å². The lowest BCUT2D eigenvalue weighted by Crippen LogP contribution is -2.26. The molecule has 0 aliphatic carbocycles. The van der Waals surface area contributed by atoms with Gasteiger partial charge in [0, 0.05) is 16.3 Å². The van der Waals surface area contributed by atoms with Crippen LogP contribution in [0.4, 0.5) is 4.39 Å². The molecule has 0 amide bonds. The number of rotatable bonds is 7. The summed E-state index contributed by atoms with van der Waals surface area (Å²) in [6.45, 7) is 2.40. The summed E-state index contributed by atoms with van der Waals surface area (Å²) >= 11 is 6.46. The first-order valence-electron chi connectivity index (χ1n) is 5.87. The first kappa shape index (κ1) is 17.1. The minimum atomic E-state index is -3.77. The smallest absolute Gasteiger partial charge is 0.211 e. The lowest BCUT2D eigenvalue weighted by molar-refractivity contribution is 0.538. The van der Waals surface area contributed by atoms with Crippen LogP contribution in [0.25, 0.3) is 0 Å². The minimum Gasteiger partial charge on any atom is -0.211 e. The first-order chi connectivity index (χ1) is 8.86. The van der Waals surface area contributed by atoms with Crippen LogP contribution >= 0.6 is 31.9 Å². The molecule has 108 valence electrons. The van der Waals surface area contributed by atoms with Crippen molar-refractivity contribution in [2.75, 3.05) is 11.9 Å². The summed E-state index contributed by atoms with van der Waals surface area (Å²) < 4.78 is 40.3. The average molecular weight is 417 g/mol. The molecule has 0 aliphatic rings. The van der Waals surface area contributed by atoms with Gasteiger partial charge in [0.15, 0.2) is 0 Å². The second kappa shape index (κ2) is 7.71. The molecule has 1 unspecified atom stereocenters. The summed E-state index contributed by atoms with van der Waals surface area (Å²) in [4.78, 5) is -0.316. The molecular formula is C12H16Br2FNO2S. The van der Waals surface area contributed by atoms with Crippen LogP contribution in [-0.4, -0.2) is 20.3 Å². The molecule has 1 atom stereocenters. The number of alkyl halides is 1. The van der Waals surface area contributed by atoms with Gasteiger partial charge in [0.1, 0.15) is 10.7 Å². The fourth-order valence-electron chi connectivity index (χ4n) is 1.51. The van der Waals surface area contributed by atoms with E-state index in [2.05, 4.69) is 43.5 Å². The van der Waals surface area contributed by atoms with E-state index < -0.39 is 15.8 Å². The van der Waals surface area contributed by atoms with Crippen LogP contribution in [0, 0.1) is 11.7 Å². The summed E-state index contributed by atoms with van der Waals surface area (Å²) in [6, 6.07) is 3.90. The number of benzene rings is 1. The summed E-state index contributed by atoms with van der Waals surface area (Å²) in [5.74, 6) is -0.260. The predicted octanol–water partition coefficient (Wildman–Crippen LogP) is 3.68. The van der Waals surface area contributed by atoms with Gasteiger partial charge in [-0.25, -0.2) is 17.5 Å². The second-order valence-corrected chi connectivity index (χ2v) is 7.67. The Morgan fingerprint density at radius 1 is 1.42 bits per heavy atom. The van der Waals surface area contributed by atoms with Crippen molar-refractivity contribution in [3.8, 4) is 0 Å². The van der Waals surface area contributed by atoms with E-state index in [1.165, 1.54) is 12.1 Å². The molecule has 0 aromatic heterocycles. The first-order valence-corrected chi connectivity index (χ1v) is 9.27. The Kier molecular flexibility index (Phi) is 6.93. The van der Waals surface area contributed by atoms with Crippen molar-refractivity contribution in [2.45, 2.75) is 24.7 Å². The van der Waals surface area contributed by atoms with E-state index in [0.717, 1.165) is 24.2 Å². The van der Waals surface area contributed by atoms with Crippen molar-refractivity contribution in [3.05, 3.63) is 28.5 Å². The summed E-state index contributed by atoms with van der Waals surface area (Å²) in [7, 11) is -3.77. The Bertz CT molecular complexity index is 522. The molecule has 1 rings (SSSR count). The largest absolute Gasteiger partial charge is 0.243 e. The zero-order valence-electron chi connectivity index (χ0n) is 10.5. The zero-order chi connectivity index (χ0) is 14.5. The molecule has 0 heterocycles. The normalized spacial score (nSPS) is 13.5. The van der Waals surface area contributed by atoms with E-state index in [4.69, 9.17) is 0 Å². The molecule has 0 spiro atoms. The number of hydrogen-bond donors (Lipinski definition) is 1. The van der Waals surface area contributed by atoms with Crippen LogP contribution in [0.5, 0.6) is 0 Å². The van der Waals surface area contributed by atoms with Gasteiger partial charge in [0.2, 0.25) is 10.0 Å². The van der Waals surface area contributed by atoms with Crippen LogP contribution in [0.1, 0.15) is 19.8 Å². The van der Waals surface area contributed by atoms with Crippen molar-refractivity contribution in [3.63, 3.8) is 0 Å². The Morgan fingerprint density at radius 2 is 2.11 bits per heavy atom. The molecule has 0 saturated carbocycles. The Labute approximate surface area is 130 Å². The Hall–Kier alpha value is 0.0200. The minimum absolute atomic E-state index is 0.315. The van der Waals surface area contributed by atoms with Crippen molar-refractivity contribution < 1.29 is 12.8 Å². The topological polar surface area (TPSA) is 46.2 Å². The van der Waals surface area contributed by atoms with Gasteiger partial charge in [-0.2, -0.15) is 0 Å². The third kappa shape index (κ3) is 5.49. The average Bonchev–Trinajstić information content (AvgIpc) is 2.33. The van der Waals surface area contributed by atoms with E-state index in [-0.39, 0.29) is 4.90 Å². The Morgan fingerprint density at radius 3 is 2.68 bits per heavy atom. The molecule has 0 aliphatic heterocycles. The van der Waals surface area contributed by atoms with E-state index in [1.807, 2.05) is 0 Å². The van der Waals surface area contributed by atoms with Gasteiger partial charge < -0.3 is 0 Å². The molecular weight excluding hydrogens is 401 g/mol. The lowest BCUT2D eigenvalue weighted by Gasteiger charge is -2.09. The van der Waals surface area contributed by atoms with Gasteiger partial charge in [0.25, 0.3) is 0 Å². The monoisotopic (exact) mass is 415 g/mol. The van der Waals surface area contributed by atoms with Gasteiger partial charge in [-0.05, 0) is 37.0 Å². The summed E-state index contributed by atoms with van der Waals surface area (Å²) in [6.07, 6.45) is 1.64. The fraction of sp³-hybridized carbons (Fsp3) is 0.500. The molecule has 0 radical (unpaired) electrons. The summed E-state index contributed by atoms with van der Waals surface area (Å²) in [5.41, 5.74) is 0. The lowest BCUT2D eigenvalue weighted by atomic mass is 10.1. The van der Waals surface area contributed by atoms with Crippen molar-refractivity contribution in [1.82, 2.24) is 4.72 Å². The van der Waals surface area contributed by atoms with Gasteiger partial charge in [-0.3, -0.25) is 0 Å². The third-order valence-electron chi connectivity index (χ3n) is 2.61. The maximum atomic E-state index is 13.6. The fourth-order valence-corrected chi connectivity index (χ4v) is 3.29. The van der Waals surface area contributed by atoms with Crippen molar-refractivity contribution >= 4 is 41.9 Å². The number of halogens is 3. The van der Waals surface area contributed by atoms with Crippen LogP contribution in [0.2, 0.25) is 0 Å². The van der Waals surface area contributed by atoms with E-state index >= 15 is 0 Å².